The van der Waals surface area contributed by atoms with Crippen LogP contribution in [0.15, 0.2) is 0 Å². The van der Waals surface area contributed by atoms with Gasteiger partial charge in [-0.2, -0.15) is 0 Å². The fourth-order valence-electron chi connectivity index (χ4n) is 3.35. The van der Waals surface area contributed by atoms with Gasteiger partial charge in [0.05, 0.1) is 5.60 Å². The maximum atomic E-state index is 10.4. The topological polar surface area (TPSA) is 23.5 Å². The fourth-order valence-corrected chi connectivity index (χ4v) is 3.35. The van der Waals surface area contributed by atoms with Crippen LogP contribution in [0, 0.1) is 11.8 Å². The Morgan fingerprint density at radius 1 is 1.25 bits per heavy atom. The maximum Gasteiger partial charge on any atom is 0.0768 e. The van der Waals surface area contributed by atoms with Gasteiger partial charge in [-0.1, -0.05) is 20.3 Å². The molecular weight excluding hydrogens is 198 g/mol. The summed E-state index contributed by atoms with van der Waals surface area (Å²) in [7, 11) is 0. The number of fused-ring (bicyclic) bond motifs is 1. The quantitative estimate of drug-likeness (QED) is 0.798. The van der Waals surface area contributed by atoms with Gasteiger partial charge in [0.15, 0.2) is 0 Å². The van der Waals surface area contributed by atoms with E-state index in [4.69, 9.17) is 0 Å². The third-order valence-corrected chi connectivity index (χ3v) is 4.88. The number of β-amino-alcohol motifs (C(OH)–C–C–N with tert-alkyl or cyclic N) is 1. The highest BCUT2D eigenvalue weighted by molar-refractivity contribution is 4.92. The summed E-state index contributed by atoms with van der Waals surface area (Å²) in [5, 5.41) is 10.4. The molecule has 1 aliphatic heterocycles. The highest BCUT2D eigenvalue weighted by Gasteiger charge is 2.38. The van der Waals surface area contributed by atoms with Crippen molar-refractivity contribution in [1.82, 2.24) is 4.90 Å². The molecule has 1 aliphatic carbocycles. The first-order valence-corrected chi connectivity index (χ1v) is 6.97. The molecule has 0 amide bonds. The summed E-state index contributed by atoms with van der Waals surface area (Å²) in [6.07, 6.45) is 6.93. The van der Waals surface area contributed by atoms with Crippen LogP contribution >= 0.6 is 0 Å². The molecule has 0 aromatic carbocycles. The van der Waals surface area contributed by atoms with Crippen molar-refractivity contribution in [2.45, 2.75) is 64.5 Å². The average Bonchev–Trinajstić information content (AvgIpc) is 2.65. The van der Waals surface area contributed by atoms with Gasteiger partial charge in [-0.3, -0.25) is 4.90 Å². The lowest BCUT2D eigenvalue weighted by Crippen LogP contribution is -2.51. The van der Waals surface area contributed by atoms with Gasteiger partial charge in [0.1, 0.15) is 0 Å². The molecule has 2 nitrogen and oxygen atoms in total. The van der Waals surface area contributed by atoms with Crippen LogP contribution < -0.4 is 0 Å². The molecule has 1 heterocycles. The number of hydrogen-bond acceptors (Lipinski definition) is 2. The number of hydrogen-bond donors (Lipinski definition) is 1. The number of rotatable bonds is 3. The SMILES string of the molecule is CC(C)C(C)(O)CN1CCCC2CCCC21. The van der Waals surface area contributed by atoms with Gasteiger partial charge in [0.25, 0.3) is 0 Å². The molecule has 1 saturated carbocycles. The van der Waals surface area contributed by atoms with Gasteiger partial charge in [-0.15, -0.1) is 0 Å². The summed E-state index contributed by atoms with van der Waals surface area (Å²) < 4.78 is 0. The summed E-state index contributed by atoms with van der Waals surface area (Å²) in [5.41, 5.74) is -0.523. The van der Waals surface area contributed by atoms with Crippen LogP contribution in [0.5, 0.6) is 0 Å². The Labute approximate surface area is 100 Å². The molecule has 2 rings (SSSR count). The first-order valence-electron chi connectivity index (χ1n) is 6.97. The molecule has 2 fully saturated rings. The first kappa shape index (κ1) is 12.4. The molecule has 1 saturated heterocycles. The molecule has 0 aromatic rings. The van der Waals surface area contributed by atoms with Gasteiger partial charge < -0.3 is 5.11 Å². The fraction of sp³-hybridized carbons (Fsp3) is 1.00. The number of likely N-dealkylation sites (tertiary alicyclic amines) is 1. The van der Waals surface area contributed by atoms with E-state index in [2.05, 4.69) is 18.7 Å². The van der Waals surface area contributed by atoms with Crippen LogP contribution in [-0.2, 0) is 0 Å². The van der Waals surface area contributed by atoms with Crippen molar-refractivity contribution in [1.29, 1.82) is 0 Å². The largest absolute Gasteiger partial charge is 0.389 e. The molecule has 16 heavy (non-hydrogen) atoms. The minimum Gasteiger partial charge on any atom is -0.389 e. The Kier molecular flexibility index (Phi) is 3.60. The minimum atomic E-state index is -0.523. The Balaban J connectivity index is 1.98. The summed E-state index contributed by atoms with van der Waals surface area (Å²) in [5.74, 6) is 1.27. The zero-order valence-corrected chi connectivity index (χ0v) is 11.1. The third-order valence-electron chi connectivity index (χ3n) is 4.88. The predicted octanol–water partition coefficient (Wildman–Crippen LogP) is 2.66. The van der Waals surface area contributed by atoms with Crippen molar-refractivity contribution in [2.24, 2.45) is 11.8 Å². The predicted molar refractivity (Wildman–Crippen MR) is 67.4 cm³/mol. The normalized spacial score (nSPS) is 35.1. The molecule has 0 aromatic heterocycles. The molecule has 3 atom stereocenters. The molecule has 0 radical (unpaired) electrons. The van der Waals surface area contributed by atoms with Crippen molar-refractivity contribution in [3.63, 3.8) is 0 Å². The van der Waals surface area contributed by atoms with Gasteiger partial charge >= 0.3 is 0 Å². The average molecular weight is 225 g/mol. The van der Waals surface area contributed by atoms with E-state index in [0.29, 0.717) is 5.92 Å². The van der Waals surface area contributed by atoms with Crippen LogP contribution in [0.25, 0.3) is 0 Å². The summed E-state index contributed by atoms with van der Waals surface area (Å²) in [4.78, 5) is 2.57. The van der Waals surface area contributed by atoms with E-state index in [9.17, 15) is 5.11 Å². The highest BCUT2D eigenvalue weighted by atomic mass is 16.3. The summed E-state index contributed by atoms with van der Waals surface area (Å²) in [6.45, 7) is 8.30. The van der Waals surface area contributed by atoms with Gasteiger partial charge in [0.2, 0.25) is 0 Å². The first-order chi connectivity index (χ1) is 7.50. The zero-order valence-electron chi connectivity index (χ0n) is 11.1. The van der Waals surface area contributed by atoms with E-state index >= 15 is 0 Å². The second kappa shape index (κ2) is 4.66. The second-order valence-corrected chi connectivity index (χ2v) is 6.38. The molecule has 94 valence electrons. The number of nitrogens with zero attached hydrogens (tertiary/aromatic N) is 1. The van der Waals surface area contributed by atoms with Crippen LogP contribution in [-0.4, -0.2) is 34.7 Å². The summed E-state index contributed by atoms with van der Waals surface area (Å²) >= 11 is 0. The smallest absolute Gasteiger partial charge is 0.0768 e. The van der Waals surface area contributed by atoms with Gasteiger partial charge in [-0.05, 0) is 51.0 Å². The highest BCUT2D eigenvalue weighted by Crippen LogP contribution is 2.37. The minimum absolute atomic E-state index is 0.342. The van der Waals surface area contributed by atoms with E-state index in [-0.39, 0.29) is 0 Å². The monoisotopic (exact) mass is 225 g/mol. The van der Waals surface area contributed by atoms with Crippen molar-refractivity contribution in [3.05, 3.63) is 0 Å². The van der Waals surface area contributed by atoms with Crippen LogP contribution in [0.2, 0.25) is 0 Å². The van der Waals surface area contributed by atoms with Crippen molar-refractivity contribution < 1.29 is 5.11 Å². The van der Waals surface area contributed by atoms with E-state index < -0.39 is 5.60 Å². The lowest BCUT2D eigenvalue weighted by atomic mass is 9.87. The van der Waals surface area contributed by atoms with Crippen molar-refractivity contribution >= 4 is 0 Å². The number of aliphatic hydroxyl groups is 1. The lowest BCUT2D eigenvalue weighted by molar-refractivity contribution is -0.0413. The molecule has 3 unspecified atom stereocenters. The lowest BCUT2D eigenvalue weighted by Gasteiger charge is -2.42. The Hall–Kier alpha value is -0.0800. The zero-order chi connectivity index (χ0) is 11.8. The van der Waals surface area contributed by atoms with Crippen LogP contribution in [0.1, 0.15) is 52.9 Å². The van der Waals surface area contributed by atoms with Crippen LogP contribution in [0.4, 0.5) is 0 Å². The standard InChI is InChI=1S/C14H27NO/c1-11(2)14(3,16)10-15-9-5-7-12-6-4-8-13(12)15/h11-13,16H,4-10H2,1-3H3. The number of piperidine rings is 1. The van der Waals surface area contributed by atoms with Crippen molar-refractivity contribution in [2.75, 3.05) is 13.1 Å². The van der Waals surface area contributed by atoms with Crippen LogP contribution in [0.3, 0.4) is 0 Å². The molecule has 0 spiro atoms. The van der Waals surface area contributed by atoms with E-state index in [1.54, 1.807) is 0 Å². The summed E-state index contributed by atoms with van der Waals surface area (Å²) in [6, 6.07) is 0.777. The van der Waals surface area contributed by atoms with E-state index in [1.807, 2.05) is 6.92 Å². The third kappa shape index (κ3) is 2.43. The van der Waals surface area contributed by atoms with E-state index in [1.165, 1.54) is 38.6 Å². The Morgan fingerprint density at radius 2 is 1.94 bits per heavy atom. The molecular formula is C14H27NO. The van der Waals surface area contributed by atoms with Gasteiger partial charge in [-0.25, -0.2) is 0 Å². The molecule has 2 aliphatic rings. The van der Waals surface area contributed by atoms with E-state index in [0.717, 1.165) is 18.5 Å². The van der Waals surface area contributed by atoms with Crippen molar-refractivity contribution in [3.8, 4) is 0 Å². The molecule has 0 bridgehead atoms. The molecule has 2 heteroatoms. The van der Waals surface area contributed by atoms with Gasteiger partial charge in [0, 0.05) is 12.6 Å². The Morgan fingerprint density at radius 3 is 2.62 bits per heavy atom. The Bertz CT molecular complexity index is 237. The second-order valence-electron chi connectivity index (χ2n) is 6.38. The maximum absolute atomic E-state index is 10.4. The molecule has 1 N–H and O–H groups in total.